The van der Waals surface area contributed by atoms with Crippen molar-refractivity contribution < 1.29 is 19.5 Å². The number of methoxy groups -OCH3 is 1. The van der Waals surface area contributed by atoms with Crippen molar-refractivity contribution in [1.29, 1.82) is 0 Å². The topological polar surface area (TPSA) is 107 Å². The number of hydrogen-bond donors (Lipinski definition) is 2. The van der Waals surface area contributed by atoms with Gasteiger partial charge in [-0.25, -0.2) is 9.78 Å². The number of thiazole rings is 1. The van der Waals surface area contributed by atoms with Gasteiger partial charge in [-0.05, 0) is 19.3 Å². The molecule has 2 rings (SSSR count). The standard InChI is InChI=1S/C12H17N3O4S/c1-18-8-4-2-3-5-9(8)19-15-10(11(16)17)7-6-20-12(13)14-7/h6,8-9H,2-5H2,1H3,(H2,13,14)(H,16,17)/b15-10-/t8-,9-/m1/s1. The molecule has 7 nitrogen and oxygen atoms in total. The maximum atomic E-state index is 11.2. The number of carboxylic acids is 1. The number of hydrogen-bond acceptors (Lipinski definition) is 7. The number of nitrogen functional groups attached to an aromatic ring is 1. The minimum atomic E-state index is -1.19. The number of carboxylic acid groups (broad SMARTS) is 1. The fourth-order valence-electron chi connectivity index (χ4n) is 2.17. The minimum Gasteiger partial charge on any atom is -0.476 e. The van der Waals surface area contributed by atoms with Gasteiger partial charge in [0.15, 0.2) is 11.2 Å². The number of aliphatic carboxylic acids is 1. The van der Waals surface area contributed by atoms with Gasteiger partial charge in [0.25, 0.3) is 0 Å². The van der Waals surface area contributed by atoms with E-state index in [2.05, 4.69) is 10.1 Å². The molecule has 0 saturated heterocycles. The highest BCUT2D eigenvalue weighted by Crippen LogP contribution is 2.24. The van der Waals surface area contributed by atoms with Gasteiger partial charge in [0, 0.05) is 12.5 Å². The summed E-state index contributed by atoms with van der Waals surface area (Å²) in [7, 11) is 1.62. The molecule has 1 aromatic rings. The molecule has 3 N–H and O–H groups in total. The molecule has 1 aromatic heterocycles. The zero-order chi connectivity index (χ0) is 14.5. The fourth-order valence-corrected chi connectivity index (χ4v) is 2.71. The fraction of sp³-hybridized carbons (Fsp3) is 0.583. The summed E-state index contributed by atoms with van der Waals surface area (Å²) in [5, 5.41) is 14.8. The van der Waals surface area contributed by atoms with Gasteiger partial charge in [0.1, 0.15) is 5.69 Å². The van der Waals surface area contributed by atoms with Crippen LogP contribution in [0.15, 0.2) is 10.5 Å². The number of ether oxygens (including phenoxy) is 1. The van der Waals surface area contributed by atoms with Gasteiger partial charge in [0.05, 0.1) is 6.10 Å². The Morgan fingerprint density at radius 1 is 1.50 bits per heavy atom. The zero-order valence-electron chi connectivity index (χ0n) is 11.1. The predicted molar refractivity (Wildman–Crippen MR) is 74.8 cm³/mol. The van der Waals surface area contributed by atoms with Crippen LogP contribution in [-0.2, 0) is 14.4 Å². The third-order valence-corrected chi connectivity index (χ3v) is 3.87. The van der Waals surface area contributed by atoms with Crippen molar-refractivity contribution in [3.05, 3.63) is 11.1 Å². The molecule has 1 aliphatic carbocycles. The van der Waals surface area contributed by atoms with E-state index < -0.39 is 5.97 Å². The SMILES string of the molecule is CO[C@@H]1CCCC[C@H]1O/N=C(\C(=O)O)c1csc(N)n1. The maximum Gasteiger partial charge on any atom is 0.360 e. The highest BCUT2D eigenvalue weighted by molar-refractivity contribution is 7.13. The molecule has 1 saturated carbocycles. The minimum absolute atomic E-state index is 0.0527. The molecule has 0 aliphatic heterocycles. The van der Waals surface area contributed by atoms with E-state index in [9.17, 15) is 9.90 Å². The first-order valence-corrected chi connectivity index (χ1v) is 7.21. The second kappa shape index (κ2) is 6.67. The Hall–Kier alpha value is -1.67. The van der Waals surface area contributed by atoms with E-state index in [0.717, 1.165) is 37.0 Å². The van der Waals surface area contributed by atoms with Crippen LogP contribution in [0.1, 0.15) is 31.4 Å². The normalized spacial score (nSPS) is 23.6. The highest BCUT2D eigenvalue weighted by Gasteiger charge is 2.27. The van der Waals surface area contributed by atoms with Crippen LogP contribution < -0.4 is 5.73 Å². The van der Waals surface area contributed by atoms with E-state index >= 15 is 0 Å². The van der Waals surface area contributed by atoms with Crippen LogP contribution in [0.5, 0.6) is 0 Å². The quantitative estimate of drug-likeness (QED) is 0.630. The third kappa shape index (κ3) is 3.45. The van der Waals surface area contributed by atoms with Crippen LogP contribution in [0.3, 0.4) is 0 Å². The van der Waals surface area contributed by atoms with Gasteiger partial charge in [-0.1, -0.05) is 11.6 Å². The molecule has 0 spiro atoms. The van der Waals surface area contributed by atoms with Gasteiger partial charge in [-0.3, -0.25) is 0 Å². The van der Waals surface area contributed by atoms with Crippen molar-refractivity contribution in [2.75, 3.05) is 12.8 Å². The molecule has 0 bridgehead atoms. The summed E-state index contributed by atoms with van der Waals surface area (Å²) in [5.74, 6) is -1.19. The molecule has 0 radical (unpaired) electrons. The summed E-state index contributed by atoms with van der Waals surface area (Å²) >= 11 is 1.16. The molecule has 110 valence electrons. The largest absolute Gasteiger partial charge is 0.476 e. The Morgan fingerprint density at radius 2 is 2.20 bits per heavy atom. The van der Waals surface area contributed by atoms with Crippen LogP contribution >= 0.6 is 11.3 Å². The number of carbonyl (C=O) groups is 1. The number of oxime groups is 1. The van der Waals surface area contributed by atoms with E-state index in [0.29, 0.717) is 5.13 Å². The summed E-state index contributed by atoms with van der Waals surface area (Å²) in [6.45, 7) is 0. The Labute approximate surface area is 120 Å². The third-order valence-electron chi connectivity index (χ3n) is 3.19. The highest BCUT2D eigenvalue weighted by atomic mass is 32.1. The van der Waals surface area contributed by atoms with Gasteiger partial charge in [0.2, 0.25) is 5.71 Å². The van der Waals surface area contributed by atoms with Crippen LogP contribution in [0, 0.1) is 0 Å². The van der Waals surface area contributed by atoms with E-state index in [1.54, 1.807) is 12.5 Å². The first-order valence-electron chi connectivity index (χ1n) is 6.33. The lowest BCUT2D eigenvalue weighted by molar-refractivity contribution is -0.129. The van der Waals surface area contributed by atoms with E-state index in [4.69, 9.17) is 15.3 Å². The Balaban J connectivity index is 2.11. The molecule has 1 aliphatic rings. The molecule has 0 amide bonds. The first-order chi connectivity index (χ1) is 9.61. The lowest BCUT2D eigenvalue weighted by Gasteiger charge is -2.28. The van der Waals surface area contributed by atoms with Crippen LogP contribution in [0.2, 0.25) is 0 Å². The molecule has 1 fully saturated rings. The molecule has 2 atom stereocenters. The molecule has 0 aromatic carbocycles. The van der Waals surface area contributed by atoms with Crippen LogP contribution in [0.25, 0.3) is 0 Å². The van der Waals surface area contributed by atoms with E-state index in [1.807, 2.05) is 0 Å². The number of aromatic nitrogens is 1. The summed E-state index contributed by atoms with van der Waals surface area (Å²) in [6, 6.07) is 0. The summed E-state index contributed by atoms with van der Waals surface area (Å²) in [5.41, 5.74) is 5.47. The average Bonchev–Trinajstić information content (AvgIpc) is 2.85. The lowest BCUT2D eigenvalue weighted by Crippen LogP contribution is -2.33. The summed E-state index contributed by atoms with van der Waals surface area (Å²) in [6.07, 6.45) is 3.52. The smallest absolute Gasteiger partial charge is 0.360 e. The average molecular weight is 299 g/mol. The molecule has 20 heavy (non-hydrogen) atoms. The van der Waals surface area contributed by atoms with Crippen molar-refractivity contribution in [3.8, 4) is 0 Å². The lowest BCUT2D eigenvalue weighted by atomic mass is 9.95. The van der Waals surface area contributed by atoms with Crippen LogP contribution in [0.4, 0.5) is 5.13 Å². The van der Waals surface area contributed by atoms with Gasteiger partial charge < -0.3 is 20.4 Å². The zero-order valence-corrected chi connectivity index (χ0v) is 11.9. The summed E-state index contributed by atoms with van der Waals surface area (Å²) < 4.78 is 5.33. The van der Waals surface area contributed by atoms with Crippen molar-refractivity contribution in [1.82, 2.24) is 4.98 Å². The molecule has 8 heteroatoms. The predicted octanol–water partition coefficient (Wildman–Crippen LogP) is 1.49. The van der Waals surface area contributed by atoms with Crippen LogP contribution in [-0.4, -0.2) is 41.1 Å². The van der Waals surface area contributed by atoms with Crippen molar-refractivity contribution in [2.45, 2.75) is 37.9 Å². The Morgan fingerprint density at radius 3 is 2.75 bits per heavy atom. The summed E-state index contributed by atoms with van der Waals surface area (Å²) in [4.78, 5) is 20.5. The Bertz CT molecular complexity index is 503. The molecular weight excluding hydrogens is 282 g/mol. The van der Waals surface area contributed by atoms with E-state index in [1.165, 1.54) is 0 Å². The van der Waals surface area contributed by atoms with Crippen molar-refractivity contribution in [2.24, 2.45) is 5.16 Å². The van der Waals surface area contributed by atoms with Crippen molar-refractivity contribution in [3.63, 3.8) is 0 Å². The molecule has 0 unspecified atom stereocenters. The second-order valence-corrected chi connectivity index (χ2v) is 5.41. The number of rotatable bonds is 5. The number of nitrogens with two attached hydrogens (primary N) is 1. The number of anilines is 1. The van der Waals surface area contributed by atoms with Crippen molar-refractivity contribution >= 4 is 28.1 Å². The molecule has 1 heterocycles. The van der Waals surface area contributed by atoms with Gasteiger partial charge in [-0.2, -0.15) is 0 Å². The monoisotopic (exact) mass is 299 g/mol. The van der Waals surface area contributed by atoms with E-state index in [-0.39, 0.29) is 23.6 Å². The molecular formula is C12H17N3O4S. The number of nitrogens with zero attached hydrogens (tertiary/aromatic N) is 2. The maximum absolute atomic E-state index is 11.2. The Kier molecular flexibility index (Phi) is 4.91. The van der Waals surface area contributed by atoms with Gasteiger partial charge >= 0.3 is 5.97 Å². The second-order valence-electron chi connectivity index (χ2n) is 4.52. The van der Waals surface area contributed by atoms with Gasteiger partial charge in [-0.15, -0.1) is 11.3 Å². The first kappa shape index (κ1) is 14.7.